The summed E-state index contributed by atoms with van der Waals surface area (Å²) in [5.74, 6) is -0.515. The Morgan fingerprint density at radius 2 is 1.66 bits per heavy atom. The maximum Gasteiger partial charge on any atom is 0.322 e. The van der Waals surface area contributed by atoms with Crippen LogP contribution in [0, 0.1) is 0 Å². The number of carbonyl (C=O) groups is 3. The fourth-order valence-electron chi connectivity index (χ4n) is 5.13. The van der Waals surface area contributed by atoms with E-state index in [0.29, 0.717) is 45.7 Å². The first kappa shape index (κ1) is 28.3. The number of morpholine rings is 1. The first-order valence-corrected chi connectivity index (χ1v) is 14.0. The van der Waals surface area contributed by atoms with E-state index in [0.717, 1.165) is 33.6 Å². The van der Waals surface area contributed by atoms with Gasteiger partial charge in [0.15, 0.2) is 0 Å². The number of nitrogens with one attached hydrogen (secondary N) is 2. The lowest BCUT2D eigenvalue weighted by Gasteiger charge is -2.28. The third-order valence-corrected chi connectivity index (χ3v) is 7.51. The number of hydrogen-bond acceptors (Lipinski definition) is 5. The molecule has 0 radical (unpaired) electrons. The molecular weight excluding hydrogens is 518 g/mol. The number of anilines is 2. The summed E-state index contributed by atoms with van der Waals surface area (Å²) in [6.07, 6.45) is 1.17. The molecule has 0 aliphatic carbocycles. The summed E-state index contributed by atoms with van der Waals surface area (Å²) in [6.45, 7) is 5.82. The van der Waals surface area contributed by atoms with E-state index in [-0.39, 0.29) is 17.8 Å². The Balaban J connectivity index is 1.36. The molecule has 1 fully saturated rings. The van der Waals surface area contributed by atoms with Crippen molar-refractivity contribution >= 4 is 29.2 Å². The normalized spacial score (nSPS) is 17.4. The van der Waals surface area contributed by atoms with Gasteiger partial charge in [-0.15, -0.1) is 0 Å². The van der Waals surface area contributed by atoms with Gasteiger partial charge in [0.25, 0.3) is 0 Å². The van der Waals surface area contributed by atoms with Gasteiger partial charge in [0, 0.05) is 24.3 Å². The van der Waals surface area contributed by atoms with E-state index in [1.165, 1.54) is 0 Å². The molecule has 4 amide bonds. The Labute approximate surface area is 240 Å². The van der Waals surface area contributed by atoms with Crippen LogP contribution in [0.2, 0.25) is 0 Å². The topological polar surface area (TPSA) is 117 Å². The molecule has 0 unspecified atom stereocenters. The highest BCUT2D eigenvalue weighted by atomic mass is 16.5. The third kappa shape index (κ3) is 6.58. The number of nitrogens with two attached hydrogens (primary N) is 1. The lowest BCUT2D eigenvalue weighted by atomic mass is 10.0. The van der Waals surface area contributed by atoms with Crippen molar-refractivity contribution in [3.8, 4) is 11.1 Å². The zero-order valence-corrected chi connectivity index (χ0v) is 23.6. The number of rotatable bonds is 6. The van der Waals surface area contributed by atoms with Gasteiger partial charge in [-0.2, -0.15) is 0 Å². The summed E-state index contributed by atoms with van der Waals surface area (Å²) >= 11 is 0. The van der Waals surface area contributed by atoms with Crippen LogP contribution < -0.4 is 21.3 Å². The van der Waals surface area contributed by atoms with Crippen molar-refractivity contribution in [3.63, 3.8) is 0 Å². The van der Waals surface area contributed by atoms with Crippen molar-refractivity contribution in [2.45, 2.75) is 44.8 Å². The van der Waals surface area contributed by atoms with Crippen LogP contribution in [0.3, 0.4) is 0 Å². The van der Waals surface area contributed by atoms with Gasteiger partial charge in [0.05, 0.1) is 31.0 Å². The zero-order chi connectivity index (χ0) is 29.0. The second-order valence-electron chi connectivity index (χ2n) is 11.1. The molecule has 0 aromatic heterocycles. The first-order chi connectivity index (χ1) is 19.7. The van der Waals surface area contributed by atoms with Crippen LogP contribution in [0.1, 0.15) is 31.4 Å². The molecule has 0 bridgehead atoms. The molecule has 9 heteroatoms. The molecule has 3 aromatic rings. The molecule has 41 heavy (non-hydrogen) atoms. The smallest absolute Gasteiger partial charge is 0.322 e. The lowest BCUT2D eigenvalue weighted by Crippen LogP contribution is -2.56. The lowest BCUT2D eigenvalue weighted by molar-refractivity contribution is -0.130. The minimum absolute atomic E-state index is 0.143. The van der Waals surface area contributed by atoms with Crippen LogP contribution in [-0.4, -0.2) is 60.6 Å². The van der Waals surface area contributed by atoms with E-state index in [1.54, 1.807) is 23.6 Å². The monoisotopic (exact) mass is 555 g/mol. The Morgan fingerprint density at radius 3 is 2.39 bits per heavy atom. The summed E-state index contributed by atoms with van der Waals surface area (Å²) in [6, 6.07) is 22.8. The van der Waals surface area contributed by atoms with Crippen LogP contribution in [0.25, 0.3) is 11.1 Å². The van der Waals surface area contributed by atoms with Crippen molar-refractivity contribution in [1.82, 2.24) is 10.2 Å². The van der Waals surface area contributed by atoms with Crippen molar-refractivity contribution in [2.24, 2.45) is 5.73 Å². The Morgan fingerprint density at radius 1 is 0.976 bits per heavy atom. The number of amides is 4. The second kappa shape index (κ2) is 12.1. The van der Waals surface area contributed by atoms with E-state index < -0.39 is 11.6 Å². The van der Waals surface area contributed by atoms with Crippen LogP contribution >= 0.6 is 0 Å². The Kier molecular flexibility index (Phi) is 8.37. The van der Waals surface area contributed by atoms with Crippen LogP contribution in [0.15, 0.2) is 72.8 Å². The number of carbonyl (C=O) groups excluding carboxylic acids is 3. The van der Waals surface area contributed by atoms with Gasteiger partial charge in [0.1, 0.15) is 6.04 Å². The molecule has 2 aliphatic heterocycles. The number of fused-ring (bicyclic) bond motifs is 1. The average Bonchev–Trinajstić information content (AvgIpc) is 3.10. The standard InChI is InChI=1S/C32H37N5O4/c1-32(2,33)30(39)34-27-16-15-24-7-3-6-10-28(24)37(29(27)38)21-22-11-13-23(14-12-22)25-8-4-5-9-26(25)35-31(40)36-17-19-41-20-18-36/h3-14,27H,15-21,33H2,1-2H3,(H,34,39)(H,35,40)/t27-/m1/s1. The molecule has 0 spiro atoms. The molecule has 0 saturated carbocycles. The molecule has 1 atom stereocenters. The molecule has 1 saturated heterocycles. The predicted molar refractivity (Wildman–Crippen MR) is 159 cm³/mol. The summed E-state index contributed by atoms with van der Waals surface area (Å²) in [7, 11) is 0. The van der Waals surface area contributed by atoms with E-state index >= 15 is 0 Å². The van der Waals surface area contributed by atoms with Gasteiger partial charge >= 0.3 is 6.03 Å². The average molecular weight is 556 g/mol. The van der Waals surface area contributed by atoms with E-state index in [2.05, 4.69) is 10.6 Å². The van der Waals surface area contributed by atoms with Crippen molar-refractivity contribution in [2.75, 3.05) is 36.5 Å². The van der Waals surface area contributed by atoms with Crippen LogP contribution in [-0.2, 0) is 27.3 Å². The largest absolute Gasteiger partial charge is 0.378 e. The quantitative estimate of drug-likeness (QED) is 0.426. The maximum absolute atomic E-state index is 13.8. The highest BCUT2D eigenvalue weighted by Gasteiger charge is 2.34. The zero-order valence-electron chi connectivity index (χ0n) is 23.6. The molecule has 3 aromatic carbocycles. The molecule has 4 N–H and O–H groups in total. The molecule has 5 rings (SSSR count). The van der Waals surface area contributed by atoms with E-state index in [4.69, 9.17) is 10.5 Å². The van der Waals surface area contributed by atoms with Gasteiger partial charge < -0.3 is 30.9 Å². The van der Waals surface area contributed by atoms with E-state index in [1.807, 2.05) is 72.8 Å². The molecule has 2 aliphatic rings. The van der Waals surface area contributed by atoms with Gasteiger partial charge in [-0.25, -0.2) is 4.79 Å². The minimum Gasteiger partial charge on any atom is -0.378 e. The van der Waals surface area contributed by atoms with Crippen molar-refractivity contribution in [3.05, 3.63) is 83.9 Å². The summed E-state index contributed by atoms with van der Waals surface area (Å²) in [5, 5.41) is 5.92. The maximum atomic E-state index is 13.8. The highest BCUT2D eigenvalue weighted by Crippen LogP contribution is 2.31. The van der Waals surface area contributed by atoms with Crippen molar-refractivity contribution < 1.29 is 19.1 Å². The summed E-state index contributed by atoms with van der Waals surface area (Å²) in [5.41, 5.74) is 10.3. The Bertz CT molecular complexity index is 1410. The minimum atomic E-state index is -1.09. The van der Waals surface area contributed by atoms with Crippen molar-refractivity contribution in [1.29, 1.82) is 0 Å². The van der Waals surface area contributed by atoms with Gasteiger partial charge in [0.2, 0.25) is 11.8 Å². The first-order valence-electron chi connectivity index (χ1n) is 14.0. The molecular formula is C32H37N5O4. The summed E-state index contributed by atoms with van der Waals surface area (Å²) in [4.78, 5) is 42.7. The number of benzene rings is 3. The van der Waals surface area contributed by atoms with Gasteiger partial charge in [-0.1, -0.05) is 60.7 Å². The second-order valence-corrected chi connectivity index (χ2v) is 11.1. The molecule has 9 nitrogen and oxygen atoms in total. The number of ether oxygens (including phenoxy) is 1. The van der Waals surface area contributed by atoms with E-state index in [9.17, 15) is 14.4 Å². The number of para-hydroxylation sites is 2. The third-order valence-electron chi connectivity index (χ3n) is 7.51. The van der Waals surface area contributed by atoms with Gasteiger partial charge in [-0.3, -0.25) is 9.59 Å². The van der Waals surface area contributed by atoms with Crippen LogP contribution in [0.5, 0.6) is 0 Å². The fraction of sp³-hybridized carbons (Fsp3) is 0.344. The highest BCUT2D eigenvalue weighted by molar-refractivity contribution is 6.01. The summed E-state index contributed by atoms with van der Waals surface area (Å²) < 4.78 is 5.36. The SMILES string of the molecule is CC(C)(N)C(=O)N[C@@H]1CCc2ccccc2N(Cc2ccc(-c3ccccc3NC(=O)N3CCOCC3)cc2)C1=O. The fourth-order valence-corrected chi connectivity index (χ4v) is 5.13. The number of aryl methyl sites for hydroxylation is 1. The number of urea groups is 1. The number of hydrogen-bond donors (Lipinski definition) is 3. The molecule has 214 valence electrons. The Hall–Kier alpha value is -4.21. The predicted octanol–water partition coefficient (Wildman–Crippen LogP) is 3.92. The number of nitrogens with zero attached hydrogens (tertiary/aromatic N) is 2. The van der Waals surface area contributed by atoms with Gasteiger partial charge in [-0.05, 0) is 55.5 Å². The van der Waals surface area contributed by atoms with Crippen LogP contribution in [0.4, 0.5) is 16.2 Å². The molecule has 2 heterocycles.